The summed E-state index contributed by atoms with van der Waals surface area (Å²) in [5, 5.41) is 2.57. The number of hydrogen-bond donors (Lipinski definition) is 2. The summed E-state index contributed by atoms with van der Waals surface area (Å²) in [5.74, 6) is -0.0169. The number of carbonyl (C=O) groups excluding carboxylic acids is 1. The lowest BCUT2D eigenvalue weighted by Crippen LogP contribution is -2.38. The zero-order chi connectivity index (χ0) is 32.2. The van der Waals surface area contributed by atoms with Crippen molar-refractivity contribution in [2.75, 3.05) is 48.3 Å². The number of amides is 1. The predicted molar refractivity (Wildman–Crippen MR) is 164 cm³/mol. The summed E-state index contributed by atoms with van der Waals surface area (Å²) in [6.45, 7) is -0.118. The molecule has 0 saturated heterocycles. The second-order valence-corrected chi connectivity index (χ2v) is 13.1. The van der Waals surface area contributed by atoms with E-state index in [0.29, 0.717) is 18.1 Å². The minimum absolute atomic E-state index is 0.0434. The van der Waals surface area contributed by atoms with Crippen LogP contribution in [0.3, 0.4) is 0 Å². The fourth-order valence-electron chi connectivity index (χ4n) is 4.38. The summed E-state index contributed by atoms with van der Waals surface area (Å²) >= 11 is 0. The number of anilines is 3. The lowest BCUT2D eigenvalue weighted by atomic mass is 10.3. The van der Waals surface area contributed by atoms with Gasteiger partial charge in [-0.2, -0.15) is 0 Å². The highest BCUT2D eigenvalue weighted by Crippen LogP contribution is 2.35. The van der Waals surface area contributed by atoms with Gasteiger partial charge in [0, 0.05) is 17.8 Å². The van der Waals surface area contributed by atoms with Gasteiger partial charge in [-0.25, -0.2) is 21.2 Å². The first kappa shape index (κ1) is 31.4. The molecule has 5 rings (SSSR count). The molecular weight excluding hydrogens is 629 g/mol. The Hall–Kier alpha value is -5.02. The number of nitrogens with zero attached hydrogens (tertiary/aromatic N) is 1. The number of rotatable bonds is 11. The highest BCUT2D eigenvalue weighted by Gasteiger charge is 2.29. The van der Waals surface area contributed by atoms with Crippen LogP contribution in [0.5, 0.6) is 23.0 Å². The molecule has 4 aromatic rings. The van der Waals surface area contributed by atoms with Crippen molar-refractivity contribution in [3.8, 4) is 23.0 Å². The third-order valence-electron chi connectivity index (χ3n) is 6.60. The largest absolute Gasteiger partial charge is 0.497 e. The molecule has 2 N–H and O–H groups in total. The molecule has 1 amide bonds. The van der Waals surface area contributed by atoms with Gasteiger partial charge in [-0.15, -0.1) is 0 Å². The highest BCUT2D eigenvalue weighted by atomic mass is 32.2. The van der Waals surface area contributed by atoms with Crippen molar-refractivity contribution in [2.45, 2.75) is 9.79 Å². The topological polar surface area (TPSA) is 150 Å². The van der Waals surface area contributed by atoms with Crippen LogP contribution in [-0.4, -0.2) is 56.7 Å². The van der Waals surface area contributed by atoms with Gasteiger partial charge in [-0.05, 0) is 72.8 Å². The van der Waals surface area contributed by atoms with E-state index in [1.54, 1.807) is 12.1 Å². The van der Waals surface area contributed by atoms with E-state index >= 15 is 0 Å². The van der Waals surface area contributed by atoms with E-state index in [1.165, 1.54) is 74.9 Å². The number of fused-ring (bicyclic) bond motifs is 1. The highest BCUT2D eigenvalue weighted by molar-refractivity contribution is 7.93. The van der Waals surface area contributed by atoms with Crippen molar-refractivity contribution in [3.05, 3.63) is 90.7 Å². The van der Waals surface area contributed by atoms with E-state index in [0.717, 1.165) is 16.4 Å². The second kappa shape index (κ2) is 12.9. The molecule has 45 heavy (non-hydrogen) atoms. The monoisotopic (exact) mass is 657 g/mol. The molecule has 4 aromatic carbocycles. The molecule has 0 aliphatic carbocycles. The number of ether oxygens (including phenoxy) is 4. The molecule has 1 aliphatic rings. The Morgan fingerprint density at radius 2 is 1.49 bits per heavy atom. The summed E-state index contributed by atoms with van der Waals surface area (Å²) in [6.07, 6.45) is 0. The van der Waals surface area contributed by atoms with Crippen LogP contribution in [0.15, 0.2) is 94.7 Å². The summed E-state index contributed by atoms with van der Waals surface area (Å²) in [4.78, 5) is 12.9. The van der Waals surface area contributed by atoms with Crippen molar-refractivity contribution in [2.24, 2.45) is 0 Å². The molecule has 15 heteroatoms. The van der Waals surface area contributed by atoms with Gasteiger partial charge in [0.1, 0.15) is 37.1 Å². The Labute approximate surface area is 259 Å². The molecule has 236 valence electrons. The van der Waals surface area contributed by atoms with E-state index in [-0.39, 0.29) is 45.0 Å². The zero-order valence-electron chi connectivity index (χ0n) is 24.0. The molecule has 0 unspecified atom stereocenters. The Bertz CT molecular complexity index is 1920. The summed E-state index contributed by atoms with van der Waals surface area (Å²) in [6, 6.07) is 18.6. The molecule has 0 radical (unpaired) electrons. The molecule has 0 aromatic heterocycles. The Balaban J connectivity index is 1.35. The minimum atomic E-state index is -4.35. The van der Waals surface area contributed by atoms with E-state index < -0.39 is 38.3 Å². The standard InChI is InChI=1S/C30H28FN3O9S2/c1-40-23-9-13-27(41-2)26(17-23)33-44(36,37)24-10-5-21(6-11-24)32-30(35)19-34(22-7-3-20(31)4-8-22)45(38,39)25-12-14-28-29(18-25)43-16-15-42-28/h3-14,17-18,33H,15-16,19H2,1-2H3,(H,32,35). The number of hydrogen-bond acceptors (Lipinski definition) is 9. The fraction of sp³-hybridized carbons (Fsp3) is 0.167. The fourth-order valence-corrected chi connectivity index (χ4v) is 6.88. The maximum atomic E-state index is 13.7. The Kier molecular flexibility index (Phi) is 9.01. The van der Waals surface area contributed by atoms with Gasteiger partial charge >= 0.3 is 0 Å². The van der Waals surface area contributed by atoms with E-state index in [4.69, 9.17) is 18.9 Å². The molecule has 0 fully saturated rings. The molecule has 0 atom stereocenters. The lowest BCUT2D eigenvalue weighted by Gasteiger charge is -2.25. The van der Waals surface area contributed by atoms with E-state index in [2.05, 4.69) is 10.0 Å². The average Bonchev–Trinajstić information content (AvgIpc) is 3.04. The van der Waals surface area contributed by atoms with Crippen molar-refractivity contribution >= 4 is 43.0 Å². The van der Waals surface area contributed by atoms with Crippen LogP contribution in [0.4, 0.5) is 21.5 Å². The maximum absolute atomic E-state index is 13.7. The second-order valence-electron chi connectivity index (χ2n) is 9.54. The smallest absolute Gasteiger partial charge is 0.264 e. The van der Waals surface area contributed by atoms with Gasteiger partial charge in [-0.3, -0.25) is 13.8 Å². The third kappa shape index (κ3) is 7.05. The van der Waals surface area contributed by atoms with Crippen molar-refractivity contribution in [1.82, 2.24) is 0 Å². The number of benzene rings is 4. The first-order valence-corrected chi connectivity index (χ1v) is 16.3. The van der Waals surface area contributed by atoms with Gasteiger partial charge in [0.05, 0.1) is 35.4 Å². The van der Waals surface area contributed by atoms with Crippen LogP contribution in [0, 0.1) is 5.82 Å². The summed E-state index contributed by atoms with van der Waals surface area (Å²) in [5.41, 5.74) is 0.407. The van der Waals surface area contributed by atoms with Gasteiger partial charge in [0.25, 0.3) is 20.0 Å². The summed E-state index contributed by atoms with van der Waals surface area (Å²) < 4.78 is 91.9. The Morgan fingerprint density at radius 3 is 2.16 bits per heavy atom. The number of sulfonamides is 2. The first-order chi connectivity index (χ1) is 21.5. The average molecular weight is 658 g/mol. The van der Waals surface area contributed by atoms with Crippen LogP contribution in [-0.2, 0) is 24.8 Å². The van der Waals surface area contributed by atoms with Crippen molar-refractivity contribution in [1.29, 1.82) is 0 Å². The Morgan fingerprint density at radius 1 is 0.822 bits per heavy atom. The predicted octanol–water partition coefficient (Wildman–Crippen LogP) is 4.25. The summed E-state index contributed by atoms with van der Waals surface area (Å²) in [7, 11) is -5.57. The number of methoxy groups -OCH3 is 2. The van der Waals surface area contributed by atoms with Crippen LogP contribution in [0.25, 0.3) is 0 Å². The normalized spacial score (nSPS) is 12.6. The van der Waals surface area contributed by atoms with Crippen molar-refractivity contribution < 1.29 is 45.0 Å². The molecule has 1 heterocycles. The molecule has 0 spiro atoms. The maximum Gasteiger partial charge on any atom is 0.264 e. The van der Waals surface area contributed by atoms with Crippen LogP contribution in [0.2, 0.25) is 0 Å². The van der Waals surface area contributed by atoms with E-state index in [1.807, 2.05) is 0 Å². The first-order valence-electron chi connectivity index (χ1n) is 13.3. The number of nitrogens with one attached hydrogen (secondary N) is 2. The molecule has 0 saturated carbocycles. The molecule has 1 aliphatic heterocycles. The van der Waals surface area contributed by atoms with Gasteiger partial charge in [0.2, 0.25) is 5.91 Å². The van der Waals surface area contributed by atoms with E-state index in [9.17, 15) is 26.0 Å². The van der Waals surface area contributed by atoms with Gasteiger partial charge in [-0.1, -0.05) is 0 Å². The minimum Gasteiger partial charge on any atom is -0.497 e. The zero-order valence-corrected chi connectivity index (χ0v) is 25.7. The lowest BCUT2D eigenvalue weighted by molar-refractivity contribution is -0.114. The van der Waals surface area contributed by atoms with Gasteiger partial charge < -0.3 is 24.3 Å². The van der Waals surface area contributed by atoms with Crippen LogP contribution >= 0.6 is 0 Å². The molecule has 0 bridgehead atoms. The van der Waals surface area contributed by atoms with Gasteiger partial charge in [0.15, 0.2) is 11.5 Å². The third-order valence-corrected chi connectivity index (χ3v) is 9.75. The quantitative estimate of drug-likeness (QED) is 0.241. The number of carbonyl (C=O) groups is 1. The SMILES string of the molecule is COc1ccc(OC)c(NS(=O)(=O)c2ccc(NC(=O)CN(c3ccc(F)cc3)S(=O)(=O)c3ccc4c(c3)OCCO4)cc2)c1. The number of halogens is 1. The van der Waals surface area contributed by atoms with Crippen LogP contribution in [0.1, 0.15) is 0 Å². The van der Waals surface area contributed by atoms with Crippen LogP contribution < -0.4 is 33.3 Å². The molecule has 12 nitrogen and oxygen atoms in total. The van der Waals surface area contributed by atoms with Crippen molar-refractivity contribution in [3.63, 3.8) is 0 Å². The molecular formula is C30H28FN3O9S2.